The first-order valence-electron chi connectivity index (χ1n) is 10.7. The summed E-state index contributed by atoms with van der Waals surface area (Å²) in [6, 6.07) is 12.1. The molecule has 1 aliphatic heterocycles. The number of rotatable bonds is 7. The van der Waals surface area contributed by atoms with Crippen molar-refractivity contribution in [3.8, 4) is 5.75 Å². The van der Waals surface area contributed by atoms with Gasteiger partial charge in [0.1, 0.15) is 11.6 Å². The Morgan fingerprint density at radius 3 is 2.37 bits per heavy atom. The molecule has 1 amide bonds. The summed E-state index contributed by atoms with van der Waals surface area (Å²) in [6.07, 6.45) is 2.82. The number of ether oxygens (including phenoxy) is 1. The fraction of sp³-hybridized carbons (Fsp3) is 0.500. The molecule has 3 rings (SSSR count). The molecule has 1 N–H and O–H groups in total. The molecule has 1 aromatic heterocycles. The van der Waals surface area contributed by atoms with Gasteiger partial charge in [-0.1, -0.05) is 32.9 Å². The van der Waals surface area contributed by atoms with E-state index in [-0.39, 0.29) is 11.3 Å². The Balaban J connectivity index is 1.37. The Hall–Kier alpha value is -2.60. The average molecular weight is 411 g/mol. The third-order valence-corrected chi connectivity index (χ3v) is 5.40. The molecule has 1 saturated heterocycles. The van der Waals surface area contributed by atoms with Crippen molar-refractivity contribution in [2.24, 2.45) is 0 Å². The smallest absolute Gasteiger partial charge is 0.224 e. The zero-order valence-electron chi connectivity index (χ0n) is 18.6. The van der Waals surface area contributed by atoms with Gasteiger partial charge in [-0.15, -0.1) is 0 Å². The number of anilines is 2. The maximum absolute atomic E-state index is 12.2. The zero-order valence-corrected chi connectivity index (χ0v) is 18.6. The van der Waals surface area contributed by atoms with Crippen molar-refractivity contribution < 1.29 is 9.53 Å². The van der Waals surface area contributed by atoms with Crippen LogP contribution in [0.5, 0.6) is 5.75 Å². The predicted molar refractivity (Wildman–Crippen MR) is 122 cm³/mol. The number of nitrogens with zero attached hydrogens (tertiary/aromatic N) is 3. The fourth-order valence-electron chi connectivity index (χ4n) is 3.38. The number of hydrogen-bond donors (Lipinski definition) is 1. The van der Waals surface area contributed by atoms with Crippen LogP contribution in [0.2, 0.25) is 0 Å². The Kier molecular flexibility index (Phi) is 7.32. The van der Waals surface area contributed by atoms with Crippen molar-refractivity contribution in [1.82, 2.24) is 9.88 Å². The molecule has 162 valence electrons. The van der Waals surface area contributed by atoms with Crippen molar-refractivity contribution in [3.63, 3.8) is 0 Å². The molecule has 1 fully saturated rings. The topological polar surface area (TPSA) is 57.7 Å². The van der Waals surface area contributed by atoms with Crippen LogP contribution < -0.4 is 15.0 Å². The third kappa shape index (κ3) is 6.46. The maximum atomic E-state index is 12.2. The number of likely N-dealkylation sites (N-methyl/N-ethyl adjacent to an activating group) is 1. The van der Waals surface area contributed by atoms with Gasteiger partial charge in [-0.2, -0.15) is 0 Å². The predicted octanol–water partition coefficient (Wildman–Crippen LogP) is 3.93. The lowest BCUT2D eigenvalue weighted by Crippen LogP contribution is -2.44. The number of carbonyl (C=O) groups is 1. The van der Waals surface area contributed by atoms with Crippen molar-refractivity contribution in [1.29, 1.82) is 0 Å². The molecular formula is C24H34N4O2. The number of pyridine rings is 1. The van der Waals surface area contributed by atoms with Crippen LogP contribution in [0.15, 0.2) is 42.6 Å². The van der Waals surface area contributed by atoms with Gasteiger partial charge >= 0.3 is 0 Å². The van der Waals surface area contributed by atoms with E-state index in [1.165, 1.54) is 5.56 Å². The van der Waals surface area contributed by atoms with Crippen LogP contribution in [0.25, 0.3) is 0 Å². The molecule has 1 aromatic carbocycles. The van der Waals surface area contributed by atoms with Crippen LogP contribution in [0.1, 0.15) is 39.2 Å². The Bertz CT molecular complexity index is 805. The lowest BCUT2D eigenvalue weighted by atomic mass is 9.87. The monoisotopic (exact) mass is 410 g/mol. The molecule has 0 unspecified atom stereocenters. The standard InChI is InChI=1S/C24H34N4O2/c1-24(2,3)19-7-10-21(11-8-19)30-17-5-6-23(29)26-20-9-12-22(25-18-20)28-15-13-27(4)14-16-28/h7-12,18H,5-6,13-17H2,1-4H3,(H,26,29). The summed E-state index contributed by atoms with van der Waals surface area (Å²) in [5.41, 5.74) is 2.15. The van der Waals surface area contributed by atoms with Gasteiger partial charge in [0.15, 0.2) is 0 Å². The lowest BCUT2D eigenvalue weighted by Gasteiger charge is -2.33. The molecule has 0 aliphatic carbocycles. The van der Waals surface area contributed by atoms with Gasteiger partial charge in [-0.3, -0.25) is 4.79 Å². The summed E-state index contributed by atoms with van der Waals surface area (Å²) in [6.45, 7) is 11.1. The fourth-order valence-corrected chi connectivity index (χ4v) is 3.38. The molecule has 0 bridgehead atoms. The number of benzene rings is 1. The number of aromatic nitrogens is 1. The molecule has 0 spiro atoms. The minimum absolute atomic E-state index is 0.0178. The molecule has 1 aliphatic rings. The van der Waals surface area contributed by atoms with E-state index in [4.69, 9.17) is 4.74 Å². The van der Waals surface area contributed by atoms with Gasteiger partial charge in [0, 0.05) is 32.6 Å². The SMILES string of the molecule is CN1CCN(c2ccc(NC(=O)CCCOc3ccc(C(C)(C)C)cc3)cn2)CC1. The molecule has 0 atom stereocenters. The van der Waals surface area contributed by atoms with Crippen LogP contribution in [0, 0.1) is 0 Å². The number of hydrogen-bond acceptors (Lipinski definition) is 5. The van der Waals surface area contributed by atoms with E-state index in [0.29, 0.717) is 19.4 Å². The minimum Gasteiger partial charge on any atom is -0.494 e. The summed E-state index contributed by atoms with van der Waals surface area (Å²) in [7, 11) is 2.14. The second kappa shape index (κ2) is 9.94. The van der Waals surface area contributed by atoms with E-state index in [1.54, 1.807) is 6.20 Å². The van der Waals surface area contributed by atoms with Crippen molar-refractivity contribution >= 4 is 17.4 Å². The number of nitrogens with one attached hydrogen (secondary N) is 1. The van der Waals surface area contributed by atoms with Crippen LogP contribution in [-0.4, -0.2) is 55.6 Å². The number of amides is 1. The van der Waals surface area contributed by atoms with Crippen LogP contribution in [0.4, 0.5) is 11.5 Å². The first kappa shape index (κ1) is 22.1. The molecule has 0 radical (unpaired) electrons. The second-order valence-electron chi connectivity index (χ2n) is 8.97. The van der Waals surface area contributed by atoms with Gasteiger partial charge in [0.25, 0.3) is 0 Å². The van der Waals surface area contributed by atoms with Crippen molar-refractivity contribution in [2.45, 2.75) is 39.0 Å². The molecular weight excluding hydrogens is 376 g/mol. The van der Waals surface area contributed by atoms with Crippen LogP contribution >= 0.6 is 0 Å². The molecule has 0 saturated carbocycles. The maximum Gasteiger partial charge on any atom is 0.224 e. The van der Waals surface area contributed by atoms with Gasteiger partial charge in [0.2, 0.25) is 5.91 Å². The van der Waals surface area contributed by atoms with E-state index < -0.39 is 0 Å². The molecule has 30 heavy (non-hydrogen) atoms. The van der Waals surface area contributed by atoms with Crippen molar-refractivity contribution in [2.75, 3.05) is 50.1 Å². The normalized spacial score (nSPS) is 15.1. The lowest BCUT2D eigenvalue weighted by molar-refractivity contribution is -0.116. The van der Waals surface area contributed by atoms with E-state index in [9.17, 15) is 4.79 Å². The van der Waals surface area contributed by atoms with Crippen LogP contribution in [0.3, 0.4) is 0 Å². The summed E-state index contributed by atoms with van der Waals surface area (Å²) in [4.78, 5) is 21.3. The Morgan fingerprint density at radius 1 is 1.07 bits per heavy atom. The van der Waals surface area contributed by atoms with E-state index in [2.05, 4.69) is 60.1 Å². The van der Waals surface area contributed by atoms with Gasteiger partial charge in [-0.05, 0) is 48.7 Å². The minimum atomic E-state index is -0.0178. The Labute approximate surface area is 180 Å². The number of piperazine rings is 1. The van der Waals surface area contributed by atoms with Gasteiger partial charge < -0.3 is 19.9 Å². The summed E-state index contributed by atoms with van der Waals surface area (Å²) >= 11 is 0. The highest BCUT2D eigenvalue weighted by Gasteiger charge is 2.15. The van der Waals surface area contributed by atoms with E-state index in [0.717, 1.165) is 43.4 Å². The van der Waals surface area contributed by atoms with Gasteiger partial charge in [0.05, 0.1) is 18.5 Å². The van der Waals surface area contributed by atoms with Crippen LogP contribution in [-0.2, 0) is 10.2 Å². The summed E-state index contributed by atoms with van der Waals surface area (Å²) in [5.74, 6) is 1.79. The Morgan fingerprint density at radius 2 is 1.77 bits per heavy atom. The third-order valence-electron chi connectivity index (χ3n) is 5.40. The van der Waals surface area contributed by atoms with Gasteiger partial charge in [-0.25, -0.2) is 4.98 Å². The largest absolute Gasteiger partial charge is 0.494 e. The van der Waals surface area contributed by atoms with Crippen molar-refractivity contribution in [3.05, 3.63) is 48.2 Å². The highest BCUT2D eigenvalue weighted by molar-refractivity contribution is 5.90. The number of carbonyl (C=O) groups excluding carboxylic acids is 1. The molecule has 2 heterocycles. The average Bonchev–Trinajstić information content (AvgIpc) is 2.72. The molecule has 6 heteroatoms. The quantitative estimate of drug-likeness (QED) is 0.701. The molecule has 2 aromatic rings. The highest BCUT2D eigenvalue weighted by atomic mass is 16.5. The summed E-state index contributed by atoms with van der Waals surface area (Å²) in [5, 5.41) is 2.92. The van der Waals surface area contributed by atoms with E-state index >= 15 is 0 Å². The highest BCUT2D eigenvalue weighted by Crippen LogP contribution is 2.24. The first-order chi connectivity index (χ1) is 14.3. The molecule has 6 nitrogen and oxygen atoms in total. The van der Waals surface area contributed by atoms with E-state index in [1.807, 2.05) is 24.3 Å². The zero-order chi connectivity index (χ0) is 21.6. The summed E-state index contributed by atoms with van der Waals surface area (Å²) < 4.78 is 5.76. The first-order valence-corrected chi connectivity index (χ1v) is 10.7. The second-order valence-corrected chi connectivity index (χ2v) is 8.97.